The van der Waals surface area contributed by atoms with Gasteiger partial charge in [0.1, 0.15) is 0 Å². The lowest BCUT2D eigenvalue weighted by molar-refractivity contribution is 0.181. The Morgan fingerprint density at radius 1 is 1.15 bits per heavy atom. The van der Waals surface area contributed by atoms with E-state index in [-0.39, 0.29) is 12.1 Å². The molecule has 2 amide bonds. The predicted octanol–water partition coefficient (Wildman–Crippen LogP) is 5.77. The van der Waals surface area contributed by atoms with Crippen LogP contribution in [0.15, 0.2) is 45.9 Å². The van der Waals surface area contributed by atoms with Crippen LogP contribution in [0.1, 0.15) is 55.3 Å². The average Bonchev–Trinajstić information content (AvgIpc) is 2.84. The first-order chi connectivity index (χ1) is 16.1. The van der Waals surface area contributed by atoms with Gasteiger partial charge in [-0.2, -0.15) is 0 Å². The summed E-state index contributed by atoms with van der Waals surface area (Å²) in [5, 5.41) is 3.02. The summed E-state index contributed by atoms with van der Waals surface area (Å²) in [5.41, 5.74) is 3.24. The van der Waals surface area contributed by atoms with Gasteiger partial charge < -0.3 is 19.7 Å². The number of ether oxygens (including phenoxy) is 2. The highest BCUT2D eigenvalue weighted by atomic mass is 79.9. The number of carbonyl (C=O) groups excluding carboxylic acids is 1. The van der Waals surface area contributed by atoms with E-state index in [0.717, 1.165) is 40.5 Å². The third kappa shape index (κ3) is 6.28. The first-order valence-electron chi connectivity index (χ1n) is 11.6. The molecule has 1 aliphatic rings. The molecule has 3 rings (SSSR count). The quantitative estimate of drug-likeness (QED) is 0.322. The number of urea groups is 1. The molecule has 178 valence electrons. The van der Waals surface area contributed by atoms with Crippen LogP contribution in [0.2, 0.25) is 0 Å². The molecule has 33 heavy (non-hydrogen) atoms. The van der Waals surface area contributed by atoms with Crippen molar-refractivity contribution in [3.8, 4) is 11.5 Å². The van der Waals surface area contributed by atoms with Crippen molar-refractivity contribution >= 4 is 28.2 Å². The fourth-order valence-electron chi connectivity index (χ4n) is 4.22. The maximum atomic E-state index is 13.2. The normalized spacial score (nSPS) is 15.4. The van der Waals surface area contributed by atoms with Crippen molar-refractivity contribution in [3.05, 3.63) is 57.6 Å². The molecule has 1 aliphatic heterocycles. The van der Waals surface area contributed by atoms with Crippen LogP contribution in [0.5, 0.6) is 11.5 Å². The van der Waals surface area contributed by atoms with Crippen LogP contribution < -0.4 is 14.8 Å². The summed E-state index contributed by atoms with van der Waals surface area (Å²) in [4.78, 5) is 19.6. The second kappa shape index (κ2) is 12.6. The van der Waals surface area contributed by atoms with Gasteiger partial charge in [-0.05, 0) is 47.7 Å². The lowest BCUT2D eigenvalue weighted by Crippen LogP contribution is -2.46. The number of carbonyl (C=O) groups is 1. The molecular weight excluding hydrogens is 482 g/mol. The standard InChI is InChI=1S/C26H34BrN3O3/c1-4-5-6-9-13-28-14-15-29-26(31)30-16-12-19-17-23(32-2)24(33-3)18-21(19)25(30)20-10-7-8-11-22(20)27/h7-8,10-11,14,17-18,25H,4-6,9,12-13,15-16H2,1-3H3,(H,29,31). The van der Waals surface area contributed by atoms with E-state index in [9.17, 15) is 4.79 Å². The van der Waals surface area contributed by atoms with E-state index in [1.54, 1.807) is 14.2 Å². The Balaban J connectivity index is 1.81. The van der Waals surface area contributed by atoms with Gasteiger partial charge in [-0.25, -0.2) is 4.79 Å². The molecule has 1 N–H and O–H groups in total. The van der Waals surface area contributed by atoms with Crippen LogP contribution in [0, 0.1) is 0 Å². The topological polar surface area (TPSA) is 63.2 Å². The van der Waals surface area contributed by atoms with Gasteiger partial charge in [0.25, 0.3) is 0 Å². The molecule has 0 fully saturated rings. The average molecular weight is 516 g/mol. The third-order valence-electron chi connectivity index (χ3n) is 5.95. The van der Waals surface area contributed by atoms with Crippen molar-refractivity contribution < 1.29 is 14.3 Å². The van der Waals surface area contributed by atoms with Crippen LogP contribution in [0.4, 0.5) is 4.79 Å². The molecule has 2 aromatic rings. The van der Waals surface area contributed by atoms with E-state index in [1.165, 1.54) is 19.3 Å². The van der Waals surface area contributed by atoms with Gasteiger partial charge in [0.15, 0.2) is 11.5 Å². The number of amides is 2. The molecule has 0 radical (unpaired) electrons. The Bertz CT molecular complexity index is 964. The van der Waals surface area contributed by atoms with Crippen molar-refractivity contribution in [1.29, 1.82) is 0 Å². The number of aliphatic imine (C=N–C) groups is 1. The number of halogens is 1. The molecule has 7 heteroatoms. The predicted molar refractivity (Wildman–Crippen MR) is 137 cm³/mol. The van der Waals surface area contributed by atoms with Crippen LogP contribution in [-0.4, -0.2) is 51.0 Å². The van der Waals surface area contributed by atoms with E-state index in [2.05, 4.69) is 39.2 Å². The number of benzene rings is 2. The number of unbranched alkanes of at least 4 members (excludes halogenated alkanes) is 3. The van der Waals surface area contributed by atoms with Crippen molar-refractivity contribution in [1.82, 2.24) is 10.2 Å². The monoisotopic (exact) mass is 515 g/mol. The summed E-state index contributed by atoms with van der Waals surface area (Å²) >= 11 is 3.69. The highest BCUT2D eigenvalue weighted by Gasteiger charge is 2.34. The Kier molecular flexibility index (Phi) is 9.61. The SMILES string of the molecule is CCCCCCN=CCNC(=O)N1CCc2cc(OC)c(OC)cc2C1c1ccccc1Br. The Morgan fingerprint density at radius 2 is 1.91 bits per heavy atom. The number of methoxy groups -OCH3 is 2. The number of hydrogen-bond donors (Lipinski definition) is 1. The largest absolute Gasteiger partial charge is 0.493 e. The maximum Gasteiger partial charge on any atom is 0.318 e. The molecule has 0 spiro atoms. The molecule has 2 aromatic carbocycles. The highest BCUT2D eigenvalue weighted by Crippen LogP contribution is 2.42. The van der Waals surface area contributed by atoms with Gasteiger partial charge in [-0.1, -0.05) is 60.3 Å². The van der Waals surface area contributed by atoms with Gasteiger partial charge in [-0.3, -0.25) is 4.99 Å². The fraction of sp³-hybridized carbons (Fsp3) is 0.462. The third-order valence-corrected chi connectivity index (χ3v) is 6.67. The van der Waals surface area contributed by atoms with Crippen LogP contribution in [0.3, 0.4) is 0 Å². The number of fused-ring (bicyclic) bond motifs is 1. The van der Waals surface area contributed by atoms with E-state index in [0.29, 0.717) is 24.6 Å². The summed E-state index contributed by atoms with van der Waals surface area (Å²) in [7, 11) is 3.27. The summed E-state index contributed by atoms with van der Waals surface area (Å²) in [6.45, 7) is 4.04. The van der Waals surface area contributed by atoms with Crippen molar-refractivity contribution in [3.63, 3.8) is 0 Å². The van der Waals surface area contributed by atoms with E-state index in [4.69, 9.17) is 9.47 Å². The number of rotatable bonds is 10. The van der Waals surface area contributed by atoms with Gasteiger partial charge in [0.05, 0.1) is 26.8 Å². The molecule has 6 nitrogen and oxygen atoms in total. The number of nitrogens with one attached hydrogen (secondary N) is 1. The lowest BCUT2D eigenvalue weighted by atomic mass is 9.88. The molecule has 0 saturated carbocycles. The van der Waals surface area contributed by atoms with Crippen molar-refractivity contribution in [2.45, 2.75) is 45.1 Å². The molecule has 0 aliphatic carbocycles. The summed E-state index contributed by atoms with van der Waals surface area (Å²) in [6.07, 6.45) is 7.32. The van der Waals surface area contributed by atoms with Crippen molar-refractivity contribution in [2.24, 2.45) is 4.99 Å². The second-order valence-corrected chi connectivity index (χ2v) is 8.96. The highest BCUT2D eigenvalue weighted by molar-refractivity contribution is 9.10. The first kappa shape index (κ1) is 25.1. The lowest BCUT2D eigenvalue weighted by Gasteiger charge is -2.38. The Labute approximate surface area is 205 Å². The van der Waals surface area contributed by atoms with Crippen LogP contribution >= 0.6 is 15.9 Å². The first-order valence-corrected chi connectivity index (χ1v) is 12.4. The minimum absolute atomic E-state index is 0.103. The summed E-state index contributed by atoms with van der Waals surface area (Å²) in [5.74, 6) is 1.36. The van der Waals surface area contributed by atoms with E-state index in [1.807, 2.05) is 41.4 Å². The van der Waals surface area contributed by atoms with Gasteiger partial charge in [0, 0.05) is 23.8 Å². The second-order valence-electron chi connectivity index (χ2n) is 8.11. The smallest absolute Gasteiger partial charge is 0.318 e. The van der Waals surface area contributed by atoms with E-state index < -0.39 is 0 Å². The van der Waals surface area contributed by atoms with Gasteiger partial charge in [-0.15, -0.1) is 0 Å². The molecule has 1 heterocycles. The molecule has 0 saturated heterocycles. The fourth-order valence-corrected chi connectivity index (χ4v) is 4.72. The molecule has 0 bridgehead atoms. The molecule has 0 aromatic heterocycles. The van der Waals surface area contributed by atoms with Gasteiger partial charge in [0.2, 0.25) is 0 Å². The zero-order chi connectivity index (χ0) is 23.6. The number of nitrogens with zero attached hydrogens (tertiary/aromatic N) is 2. The molecule has 1 atom stereocenters. The molecular formula is C26H34BrN3O3. The maximum absolute atomic E-state index is 13.2. The van der Waals surface area contributed by atoms with Crippen molar-refractivity contribution in [2.75, 3.05) is 33.9 Å². The van der Waals surface area contributed by atoms with Crippen LogP contribution in [-0.2, 0) is 6.42 Å². The zero-order valence-corrected chi connectivity index (χ0v) is 21.4. The van der Waals surface area contributed by atoms with Crippen LogP contribution in [0.25, 0.3) is 0 Å². The summed E-state index contributed by atoms with van der Waals surface area (Å²) < 4.78 is 12.0. The minimum atomic E-state index is -0.241. The zero-order valence-electron chi connectivity index (χ0n) is 19.8. The molecule has 1 unspecified atom stereocenters. The summed E-state index contributed by atoms with van der Waals surface area (Å²) in [6, 6.07) is 11.7. The Hall–Kier alpha value is -2.54. The van der Waals surface area contributed by atoms with E-state index >= 15 is 0 Å². The Morgan fingerprint density at radius 3 is 2.64 bits per heavy atom. The van der Waals surface area contributed by atoms with Gasteiger partial charge >= 0.3 is 6.03 Å². The minimum Gasteiger partial charge on any atom is -0.493 e. The number of hydrogen-bond acceptors (Lipinski definition) is 4.